The molecule has 0 amide bonds. The highest BCUT2D eigenvalue weighted by molar-refractivity contribution is 6.35. The second kappa shape index (κ2) is 2.75. The number of benzene rings is 1. The second-order valence-corrected chi connectivity index (χ2v) is 4.67. The van der Waals surface area contributed by atoms with Crippen molar-refractivity contribution in [3.05, 3.63) is 45.5 Å². The van der Waals surface area contributed by atoms with Crippen molar-refractivity contribution in [2.45, 2.75) is 12.1 Å². The van der Waals surface area contributed by atoms with Crippen LogP contribution in [0.15, 0.2) is 24.3 Å². The van der Waals surface area contributed by atoms with Crippen molar-refractivity contribution in [3.8, 4) is 0 Å². The molecular weight excluding hydrogens is 217 g/mol. The van der Waals surface area contributed by atoms with Gasteiger partial charge in [0.15, 0.2) is 0 Å². The topological polar surface area (TPSA) is 3.24 Å². The standard InChI is InChI=1S/C11H9Cl2N/c1-14-9-2-3-10(14)11-7(9)4-6(12)5-8(11)13/h2-5,9-10H,1H3/t9-,10+/m1/s1. The summed E-state index contributed by atoms with van der Waals surface area (Å²) in [5.74, 6) is 0. The minimum absolute atomic E-state index is 0.347. The van der Waals surface area contributed by atoms with E-state index in [-0.39, 0.29) is 0 Å². The lowest BCUT2D eigenvalue weighted by molar-refractivity contribution is 0.299. The maximum atomic E-state index is 6.19. The van der Waals surface area contributed by atoms with Gasteiger partial charge in [-0.1, -0.05) is 35.4 Å². The molecule has 72 valence electrons. The summed E-state index contributed by atoms with van der Waals surface area (Å²) in [6, 6.07) is 4.56. The number of fused-ring (bicyclic) bond motifs is 5. The van der Waals surface area contributed by atoms with Crippen molar-refractivity contribution in [1.29, 1.82) is 0 Å². The van der Waals surface area contributed by atoms with Crippen LogP contribution in [0.2, 0.25) is 10.0 Å². The zero-order chi connectivity index (χ0) is 9.87. The molecule has 2 bridgehead atoms. The van der Waals surface area contributed by atoms with Gasteiger partial charge in [0.1, 0.15) is 0 Å². The Kier molecular flexibility index (Phi) is 1.73. The highest BCUT2D eigenvalue weighted by atomic mass is 35.5. The Morgan fingerprint density at radius 1 is 1.14 bits per heavy atom. The summed E-state index contributed by atoms with van der Waals surface area (Å²) in [6.45, 7) is 0. The molecule has 2 atom stereocenters. The van der Waals surface area contributed by atoms with E-state index in [1.807, 2.05) is 12.1 Å². The molecule has 2 aliphatic heterocycles. The van der Waals surface area contributed by atoms with E-state index >= 15 is 0 Å². The minimum atomic E-state index is 0.347. The molecule has 2 heterocycles. The summed E-state index contributed by atoms with van der Waals surface area (Å²) >= 11 is 12.2. The molecule has 0 N–H and O–H groups in total. The van der Waals surface area contributed by atoms with Crippen molar-refractivity contribution in [3.63, 3.8) is 0 Å². The van der Waals surface area contributed by atoms with E-state index in [4.69, 9.17) is 23.2 Å². The maximum absolute atomic E-state index is 6.19. The first-order chi connectivity index (χ1) is 6.68. The van der Waals surface area contributed by atoms with Crippen LogP contribution in [0.1, 0.15) is 23.2 Å². The molecule has 3 rings (SSSR count). The number of hydrogen-bond acceptors (Lipinski definition) is 1. The largest absolute Gasteiger partial charge is 0.285 e. The van der Waals surface area contributed by atoms with Gasteiger partial charge in [0.2, 0.25) is 0 Å². The van der Waals surface area contributed by atoms with Crippen LogP contribution in [0.4, 0.5) is 0 Å². The van der Waals surface area contributed by atoms with E-state index in [0.29, 0.717) is 12.1 Å². The third-order valence-corrected chi connectivity index (χ3v) is 3.62. The number of likely N-dealkylation sites (N-methyl/N-ethyl adjacent to an activating group) is 1. The fraction of sp³-hybridized carbons (Fsp3) is 0.273. The lowest BCUT2D eigenvalue weighted by Gasteiger charge is -2.14. The van der Waals surface area contributed by atoms with E-state index in [0.717, 1.165) is 10.0 Å². The number of halogens is 2. The van der Waals surface area contributed by atoms with Crippen LogP contribution in [0.25, 0.3) is 0 Å². The van der Waals surface area contributed by atoms with Gasteiger partial charge in [0.05, 0.1) is 12.1 Å². The SMILES string of the molecule is CN1[C@@H]2C=C[C@H]1c1c(Cl)cc(Cl)cc12. The Labute approximate surface area is 92.9 Å². The Balaban J connectivity index is 2.27. The first kappa shape index (κ1) is 8.78. The number of hydrogen-bond donors (Lipinski definition) is 0. The van der Waals surface area contributed by atoms with E-state index in [1.54, 1.807) is 0 Å². The summed E-state index contributed by atoms with van der Waals surface area (Å²) in [5, 5.41) is 1.51. The molecule has 1 nitrogen and oxygen atoms in total. The molecule has 0 aliphatic carbocycles. The van der Waals surface area contributed by atoms with Gasteiger partial charge in [-0.15, -0.1) is 0 Å². The number of rotatable bonds is 0. The van der Waals surface area contributed by atoms with Crippen molar-refractivity contribution >= 4 is 23.2 Å². The highest BCUT2D eigenvalue weighted by Gasteiger charge is 2.39. The molecule has 2 aliphatic rings. The van der Waals surface area contributed by atoms with Gasteiger partial charge in [-0.25, -0.2) is 0 Å². The van der Waals surface area contributed by atoms with Gasteiger partial charge >= 0.3 is 0 Å². The summed E-state index contributed by atoms with van der Waals surface area (Å²) in [5.41, 5.74) is 2.49. The predicted octanol–water partition coefficient (Wildman–Crippen LogP) is 3.59. The number of nitrogens with zero attached hydrogens (tertiary/aromatic N) is 1. The van der Waals surface area contributed by atoms with Crippen molar-refractivity contribution in [2.24, 2.45) is 0 Å². The normalized spacial score (nSPS) is 28.5. The molecule has 0 unspecified atom stereocenters. The van der Waals surface area contributed by atoms with Gasteiger partial charge in [-0.05, 0) is 30.3 Å². The minimum Gasteiger partial charge on any atom is -0.285 e. The molecular formula is C11H9Cl2N. The van der Waals surface area contributed by atoms with Gasteiger partial charge in [-0.2, -0.15) is 0 Å². The fourth-order valence-corrected chi connectivity index (χ4v) is 3.06. The Morgan fingerprint density at radius 3 is 2.64 bits per heavy atom. The molecule has 0 radical (unpaired) electrons. The fourth-order valence-electron chi connectivity index (χ4n) is 2.44. The van der Waals surface area contributed by atoms with Crippen molar-refractivity contribution in [2.75, 3.05) is 7.05 Å². The zero-order valence-corrected chi connectivity index (χ0v) is 9.18. The molecule has 0 spiro atoms. The molecule has 3 heteroatoms. The summed E-state index contributed by atoms with van der Waals surface area (Å²) in [4.78, 5) is 2.30. The van der Waals surface area contributed by atoms with E-state index in [9.17, 15) is 0 Å². The average molecular weight is 226 g/mol. The molecule has 1 aromatic carbocycles. The predicted molar refractivity (Wildman–Crippen MR) is 58.8 cm³/mol. The lowest BCUT2D eigenvalue weighted by atomic mass is 9.97. The maximum Gasteiger partial charge on any atom is 0.0556 e. The van der Waals surface area contributed by atoms with Crippen LogP contribution in [0.3, 0.4) is 0 Å². The van der Waals surface area contributed by atoms with Gasteiger partial charge in [0, 0.05) is 10.0 Å². The van der Waals surface area contributed by atoms with Crippen LogP contribution in [-0.4, -0.2) is 11.9 Å². The highest BCUT2D eigenvalue weighted by Crippen LogP contribution is 2.50. The Bertz CT molecular complexity index is 439. The third kappa shape index (κ3) is 0.952. The summed E-state index contributed by atoms with van der Waals surface area (Å²) in [6.07, 6.45) is 4.41. The van der Waals surface area contributed by atoms with Crippen LogP contribution in [0, 0.1) is 0 Å². The first-order valence-corrected chi connectivity index (χ1v) is 5.33. The van der Waals surface area contributed by atoms with Gasteiger partial charge < -0.3 is 0 Å². The molecule has 0 saturated carbocycles. The van der Waals surface area contributed by atoms with Gasteiger partial charge in [0.25, 0.3) is 0 Å². The van der Waals surface area contributed by atoms with Crippen LogP contribution in [-0.2, 0) is 0 Å². The lowest BCUT2D eigenvalue weighted by Crippen LogP contribution is -2.13. The molecule has 14 heavy (non-hydrogen) atoms. The Morgan fingerprint density at radius 2 is 1.86 bits per heavy atom. The molecule has 0 fully saturated rings. The van der Waals surface area contributed by atoms with E-state index in [1.165, 1.54) is 11.1 Å². The first-order valence-electron chi connectivity index (χ1n) is 4.57. The van der Waals surface area contributed by atoms with Crippen LogP contribution in [0.5, 0.6) is 0 Å². The molecule has 0 aromatic heterocycles. The Hall–Kier alpha value is -0.500. The molecule has 0 saturated heterocycles. The zero-order valence-electron chi connectivity index (χ0n) is 7.67. The second-order valence-electron chi connectivity index (χ2n) is 3.83. The van der Waals surface area contributed by atoms with Gasteiger partial charge in [-0.3, -0.25) is 4.90 Å². The van der Waals surface area contributed by atoms with Crippen LogP contribution >= 0.6 is 23.2 Å². The van der Waals surface area contributed by atoms with Crippen molar-refractivity contribution < 1.29 is 0 Å². The summed E-state index contributed by atoms with van der Waals surface area (Å²) in [7, 11) is 2.11. The summed E-state index contributed by atoms with van der Waals surface area (Å²) < 4.78 is 0. The van der Waals surface area contributed by atoms with Crippen molar-refractivity contribution in [1.82, 2.24) is 4.90 Å². The average Bonchev–Trinajstić information content (AvgIpc) is 2.59. The van der Waals surface area contributed by atoms with Crippen LogP contribution < -0.4 is 0 Å². The van der Waals surface area contributed by atoms with E-state index < -0.39 is 0 Å². The van der Waals surface area contributed by atoms with E-state index in [2.05, 4.69) is 24.1 Å². The third-order valence-electron chi connectivity index (χ3n) is 3.09. The molecule has 1 aromatic rings. The quantitative estimate of drug-likeness (QED) is 0.611. The smallest absolute Gasteiger partial charge is 0.0556 e. The monoisotopic (exact) mass is 225 g/mol.